The Hall–Kier alpha value is -0.260. The summed E-state index contributed by atoms with van der Waals surface area (Å²) in [6.45, 7) is 6.80. The van der Waals surface area contributed by atoms with Gasteiger partial charge in [0.25, 0.3) is 0 Å². The zero-order chi connectivity index (χ0) is 6.15. The fourth-order valence-corrected chi connectivity index (χ4v) is 1.32. The predicted molar refractivity (Wildman–Crippen MR) is 36.8 cm³/mol. The van der Waals surface area contributed by atoms with E-state index in [1.165, 1.54) is 12.8 Å². The molecule has 0 bridgehead atoms. The van der Waals surface area contributed by atoms with E-state index in [0.717, 1.165) is 5.92 Å². The number of hydrogen-bond donors (Lipinski definition) is 0. The first-order valence-electron chi connectivity index (χ1n) is 3.44. The molecule has 0 fully saturated rings. The highest BCUT2D eigenvalue weighted by Gasteiger charge is 2.18. The first-order valence-corrected chi connectivity index (χ1v) is 3.44. The summed E-state index contributed by atoms with van der Waals surface area (Å²) in [5.41, 5.74) is 3.34. The largest absolute Gasteiger partial charge is 0.0710 e. The quantitative estimate of drug-likeness (QED) is 0.455. The van der Waals surface area contributed by atoms with Crippen molar-refractivity contribution in [1.82, 2.24) is 0 Å². The summed E-state index contributed by atoms with van der Waals surface area (Å²) in [6, 6.07) is 0. The van der Waals surface area contributed by atoms with Gasteiger partial charge in [-0.15, -0.1) is 0 Å². The van der Waals surface area contributed by atoms with Gasteiger partial charge in [-0.25, -0.2) is 0 Å². The highest BCUT2D eigenvalue weighted by Crippen LogP contribution is 2.35. The van der Waals surface area contributed by atoms with Gasteiger partial charge in [0.05, 0.1) is 0 Å². The van der Waals surface area contributed by atoms with Crippen LogP contribution in [0.4, 0.5) is 0 Å². The molecule has 1 atom stereocenters. The lowest BCUT2D eigenvalue weighted by atomic mass is 9.79. The van der Waals surface area contributed by atoms with E-state index < -0.39 is 0 Å². The third-order valence-electron chi connectivity index (χ3n) is 2.28. The lowest BCUT2D eigenvalue weighted by molar-refractivity contribution is 0.565. The molecule has 0 aromatic heterocycles. The van der Waals surface area contributed by atoms with Crippen LogP contribution in [0, 0.1) is 5.92 Å². The van der Waals surface area contributed by atoms with Gasteiger partial charge in [-0.2, -0.15) is 0 Å². The van der Waals surface area contributed by atoms with Gasteiger partial charge < -0.3 is 0 Å². The highest BCUT2D eigenvalue weighted by molar-refractivity contribution is 5.25. The first-order chi connectivity index (χ1) is 3.75. The fourth-order valence-electron chi connectivity index (χ4n) is 1.32. The van der Waals surface area contributed by atoms with Gasteiger partial charge in [0.2, 0.25) is 0 Å². The molecule has 0 spiro atoms. The van der Waals surface area contributed by atoms with Crippen LogP contribution in [0.1, 0.15) is 33.6 Å². The second kappa shape index (κ2) is 1.93. The second-order valence-electron chi connectivity index (χ2n) is 2.75. The maximum absolute atomic E-state index is 2.30. The van der Waals surface area contributed by atoms with Crippen LogP contribution >= 0.6 is 0 Å². The summed E-state index contributed by atoms with van der Waals surface area (Å²) in [6.07, 6.45) is 2.64. The summed E-state index contributed by atoms with van der Waals surface area (Å²) < 4.78 is 0. The third kappa shape index (κ3) is 0.683. The smallest absolute Gasteiger partial charge is 0.0194 e. The van der Waals surface area contributed by atoms with Crippen LogP contribution in [-0.4, -0.2) is 0 Å². The molecule has 1 unspecified atom stereocenters. The van der Waals surface area contributed by atoms with Crippen LogP contribution in [0.3, 0.4) is 0 Å². The van der Waals surface area contributed by atoms with Crippen molar-refractivity contribution in [2.45, 2.75) is 33.6 Å². The predicted octanol–water partition coefficient (Wildman–Crippen LogP) is 2.75. The molecule has 1 rings (SSSR count). The molecular formula is C8H14. The van der Waals surface area contributed by atoms with Crippen LogP contribution in [0.15, 0.2) is 11.1 Å². The molecule has 0 aromatic rings. The van der Waals surface area contributed by atoms with Crippen molar-refractivity contribution in [3.05, 3.63) is 11.1 Å². The van der Waals surface area contributed by atoms with Crippen LogP contribution < -0.4 is 0 Å². The Morgan fingerprint density at radius 3 is 2.38 bits per heavy atom. The van der Waals surface area contributed by atoms with E-state index in [0.29, 0.717) is 0 Å². The minimum atomic E-state index is 0.893. The zero-order valence-corrected chi connectivity index (χ0v) is 5.99. The van der Waals surface area contributed by atoms with Gasteiger partial charge in [-0.3, -0.25) is 0 Å². The number of rotatable bonds is 1. The Morgan fingerprint density at radius 1 is 1.62 bits per heavy atom. The Labute approximate surface area is 51.6 Å². The highest BCUT2D eigenvalue weighted by atomic mass is 14.2. The third-order valence-corrected chi connectivity index (χ3v) is 2.28. The van der Waals surface area contributed by atoms with Crippen LogP contribution in [-0.2, 0) is 0 Å². The van der Waals surface area contributed by atoms with E-state index in [2.05, 4.69) is 20.8 Å². The Morgan fingerprint density at radius 2 is 2.25 bits per heavy atom. The minimum absolute atomic E-state index is 0.893. The maximum Gasteiger partial charge on any atom is -0.0194 e. The summed E-state index contributed by atoms with van der Waals surface area (Å²) in [5, 5.41) is 0. The topological polar surface area (TPSA) is 0 Å². The monoisotopic (exact) mass is 110 g/mol. The van der Waals surface area contributed by atoms with E-state index >= 15 is 0 Å². The molecule has 0 saturated carbocycles. The number of allylic oxidation sites excluding steroid dienone is 2. The van der Waals surface area contributed by atoms with E-state index in [1.54, 1.807) is 11.1 Å². The zero-order valence-electron chi connectivity index (χ0n) is 5.99. The molecule has 0 amide bonds. The van der Waals surface area contributed by atoms with E-state index in [9.17, 15) is 0 Å². The SMILES string of the molecule is CCC1=C(C)C(C)C1. The van der Waals surface area contributed by atoms with Crippen molar-refractivity contribution < 1.29 is 0 Å². The van der Waals surface area contributed by atoms with Crippen LogP contribution in [0.2, 0.25) is 0 Å². The van der Waals surface area contributed by atoms with Crippen molar-refractivity contribution in [2.75, 3.05) is 0 Å². The minimum Gasteiger partial charge on any atom is -0.0710 e. The molecule has 0 radical (unpaired) electrons. The molecule has 46 valence electrons. The molecule has 1 aliphatic rings. The van der Waals surface area contributed by atoms with Gasteiger partial charge in [-0.05, 0) is 25.7 Å². The summed E-state index contributed by atoms with van der Waals surface area (Å²) in [4.78, 5) is 0. The van der Waals surface area contributed by atoms with E-state index in [1.807, 2.05) is 0 Å². The number of hydrogen-bond acceptors (Lipinski definition) is 0. The molecule has 0 aromatic carbocycles. The summed E-state index contributed by atoms with van der Waals surface area (Å²) in [5.74, 6) is 0.893. The van der Waals surface area contributed by atoms with Gasteiger partial charge in [0.15, 0.2) is 0 Å². The van der Waals surface area contributed by atoms with Crippen molar-refractivity contribution in [3.8, 4) is 0 Å². The molecule has 0 N–H and O–H groups in total. The standard InChI is InChI=1S/C8H14/c1-4-8-5-6(2)7(8)3/h6H,4-5H2,1-3H3. The normalized spacial score (nSPS) is 28.1. The molecule has 0 heterocycles. The Balaban J connectivity index is 2.58. The first kappa shape index (κ1) is 5.87. The summed E-state index contributed by atoms with van der Waals surface area (Å²) in [7, 11) is 0. The molecule has 8 heavy (non-hydrogen) atoms. The van der Waals surface area contributed by atoms with Gasteiger partial charge in [-0.1, -0.05) is 25.0 Å². The molecular weight excluding hydrogens is 96.1 g/mol. The second-order valence-corrected chi connectivity index (χ2v) is 2.75. The molecule has 0 saturated heterocycles. The lowest BCUT2D eigenvalue weighted by Gasteiger charge is -2.27. The van der Waals surface area contributed by atoms with Gasteiger partial charge >= 0.3 is 0 Å². The average Bonchev–Trinajstić information content (AvgIpc) is 1.81. The maximum atomic E-state index is 2.30. The van der Waals surface area contributed by atoms with Gasteiger partial charge in [0, 0.05) is 0 Å². The van der Waals surface area contributed by atoms with Crippen molar-refractivity contribution in [2.24, 2.45) is 5.92 Å². The average molecular weight is 110 g/mol. The Kier molecular flexibility index (Phi) is 1.41. The molecule has 0 nitrogen and oxygen atoms in total. The van der Waals surface area contributed by atoms with E-state index in [4.69, 9.17) is 0 Å². The summed E-state index contributed by atoms with van der Waals surface area (Å²) >= 11 is 0. The van der Waals surface area contributed by atoms with Gasteiger partial charge in [0.1, 0.15) is 0 Å². The van der Waals surface area contributed by atoms with E-state index in [-0.39, 0.29) is 0 Å². The molecule has 0 aliphatic heterocycles. The molecule has 1 aliphatic carbocycles. The Bertz CT molecular complexity index is 120. The van der Waals surface area contributed by atoms with Crippen molar-refractivity contribution >= 4 is 0 Å². The van der Waals surface area contributed by atoms with Crippen LogP contribution in [0.5, 0.6) is 0 Å². The fraction of sp³-hybridized carbons (Fsp3) is 0.750. The van der Waals surface area contributed by atoms with Crippen molar-refractivity contribution in [3.63, 3.8) is 0 Å². The van der Waals surface area contributed by atoms with Crippen LogP contribution in [0.25, 0.3) is 0 Å². The molecule has 0 heteroatoms. The van der Waals surface area contributed by atoms with Crippen molar-refractivity contribution in [1.29, 1.82) is 0 Å². The lowest BCUT2D eigenvalue weighted by Crippen LogP contribution is -2.11.